The van der Waals surface area contributed by atoms with Crippen LogP contribution in [0.3, 0.4) is 0 Å². The van der Waals surface area contributed by atoms with E-state index in [2.05, 4.69) is 21.1 Å². The SMILES string of the molecule is COc1ccc(Br)cc1CN(C)CC(N)=NO. The van der Waals surface area contributed by atoms with E-state index in [1.807, 2.05) is 30.1 Å². The average molecular weight is 302 g/mol. The summed E-state index contributed by atoms with van der Waals surface area (Å²) in [6, 6.07) is 5.81. The normalized spacial score (nSPS) is 11.9. The van der Waals surface area contributed by atoms with Crippen LogP contribution in [0.1, 0.15) is 5.56 Å². The van der Waals surface area contributed by atoms with E-state index in [0.717, 1.165) is 15.8 Å². The molecule has 1 aromatic rings. The van der Waals surface area contributed by atoms with Crippen LogP contribution in [0.25, 0.3) is 0 Å². The molecule has 0 saturated carbocycles. The van der Waals surface area contributed by atoms with Crippen molar-refractivity contribution in [3.05, 3.63) is 28.2 Å². The zero-order valence-corrected chi connectivity index (χ0v) is 11.4. The summed E-state index contributed by atoms with van der Waals surface area (Å²) < 4.78 is 6.27. The third kappa shape index (κ3) is 4.24. The van der Waals surface area contributed by atoms with Gasteiger partial charge in [-0.25, -0.2) is 0 Å². The Morgan fingerprint density at radius 3 is 2.88 bits per heavy atom. The van der Waals surface area contributed by atoms with Gasteiger partial charge in [0, 0.05) is 16.6 Å². The topological polar surface area (TPSA) is 71.1 Å². The number of amidine groups is 1. The van der Waals surface area contributed by atoms with Gasteiger partial charge in [-0.3, -0.25) is 4.90 Å². The van der Waals surface area contributed by atoms with Gasteiger partial charge >= 0.3 is 0 Å². The van der Waals surface area contributed by atoms with Gasteiger partial charge in [0.2, 0.25) is 0 Å². The molecule has 0 spiro atoms. The van der Waals surface area contributed by atoms with Gasteiger partial charge in [0.25, 0.3) is 0 Å². The van der Waals surface area contributed by atoms with Crippen molar-refractivity contribution in [1.29, 1.82) is 0 Å². The summed E-state index contributed by atoms with van der Waals surface area (Å²) in [6.07, 6.45) is 0. The Kier molecular flexibility index (Phi) is 5.24. The van der Waals surface area contributed by atoms with Gasteiger partial charge in [0.1, 0.15) is 5.75 Å². The van der Waals surface area contributed by atoms with E-state index in [4.69, 9.17) is 15.7 Å². The van der Waals surface area contributed by atoms with Gasteiger partial charge < -0.3 is 15.7 Å². The second kappa shape index (κ2) is 6.46. The standard InChI is InChI=1S/C11H16BrN3O2/c1-15(7-11(13)14-16)6-8-5-9(12)3-4-10(8)17-2/h3-5,16H,6-7H2,1-2H3,(H2,13,14). The smallest absolute Gasteiger partial charge is 0.153 e. The molecule has 0 radical (unpaired) electrons. The highest BCUT2D eigenvalue weighted by Crippen LogP contribution is 2.23. The van der Waals surface area contributed by atoms with Gasteiger partial charge in [0.15, 0.2) is 5.84 Å². The molecule has 0 heterocycles. The molecular weight excluding hydrogens is 286 g/mol. The average Bonchev–Trinajstić information content (AvgIpc) is 2.29. The summed E-state index contributed by atoms with van der Waals surface area (Å²) in [6.45, 7) is 1.05. The predicted molar refractivity (Wildman–Crippen MR) is 70.4 cm³/mol. The molecule has 1 aromatic carbocycles. The summed E-state index contributed by atoms with van der Waals surface area (Å²) in [5.74, 6) is 1.00. The van der Waals surface area contributed by atoms with Crippen LogP contribution in [0.15, 0.2) is 27.8 Å². The highest BCUT2D eigenvalue weighted by molar-refractivity contribution is 9.10. The lowest BCUT2D eigenvalue weighted by atomic mass is 10.2. The molecule has 1 rings (SSSR count). The number of hydrogen-bond donors (Lipinski definition) is 2. The Balaban J connectivity index is 2.76. The van der Waals surface area contributed by atoms with Crippen molar-refractivity contribution in [1.82, 2.24) is 4.90 Å². The van der Waals surface area contributed by atoms with Crippen molar-refractivity contribution in [2.24, 2.45) is 10.9 Å². The Morgan fingerprint density at radius 2 is 2.29 bits per heavy atom. The van der Waals surface area contributed by atoms with Crippen LogP contribution in [0.4, 0.5) is 0 Å². The van der Waals surface area contributed by atoms with Crippen LogP contribution in [0, 0.1) is 0 Å². The van der Waals surface area contributed by atoms with E-state index >= 15 is 0 Å². The van der Waals surface area contributed by atoms with E-state index in [9.17, 15) is 0 Å². The highest BCUT2D eigenvalue weighted by Gasteiger charge is 2.08. The second-order valence-electron chi connectivity index (χ2n) is 3.72. The molecule has 5 nitrogen and oxygen atoms in total. The Hall–Kier alpha value is -1.27. The van der Waals surface area contributed by atoms with Crippen molar-refractivity contribution in [2.45, 2.75) is 6.54 Å². The number of nitrogens with two attached hydrogens (primary N) is 1. The van der Waals surface area contributed by atoms with Crippen LogP contribution >= 0.6 is 15.9 Å². The number of oxime groups is 1. The van der Waals surface area contributed by atoms with Crippen molar-refractivity contribution < 1.29 is 9.94 Å². The summed E-state index contributed by atoms with van der Waals surface area (Å²) >= 11 is 3.42. The number of benzene rings is 1. The second-order valence-corrected chi connectivity index (χ2v) is 4.64. The first-order valence-electron chi connectivity index (χ1n) is 5.04. The number of ether oxygens (including phenoxy) is 1. The molecule has 0 aliphatic heterocycles. The van der Waals surface area contributed by atoms with Crippen molar-refractivity contribution in [3.63, 3.8) is 0 Å². The van der Waals surface area contributed by atoms with E-state index in [1.54, 1.807) is 7.11 Å². The monoisotopic (exact) mass is 301 g/mol. The maximum Gasteiger partial charge on any atom is 0.153 e. The van der Waals surface area contributed by atoms with Gasteiger partial charge in [-0.1, -0.05) is 21.1 Å². The van der Waals surface area contributed by atoms with E-state index < -0.39 is 0 Å². The molecule has 0 aliphatic rings. The molecule has 0 aliphatic carbocycles. The first-order chi connectivity index (χ1) is 8.06. The minimum absolute atomic E-state index is 0.182. The molecule has 0 amide bonds. The zero-order chi connectivity index (χ0) is 12.8. The molecule has 0 saturated heterocycles. The summed E-state index contributed by atoms with van der Waals surface area (Å²) in [7, 11) is 3.52. The van der Waals surface area contributed by atoms with Crippen molar-refractivity contribution in [2.75, 3.05) is 20.7 Å². The zero-order valence-electron chi connectivity index (χ0n) is 9.85. The largest absolute Gasteiger partial charge is 0.496 e. The third-order valence-electron chi connectivity index (χ3n) is 2.24. The lowest BCUT2D eigenvalue weighted by molar-refractivity contribution is 0.307. The number of likely N-dealkylation sites (N-methyl/N-ethyl adjacent to an activating group) is 1. The first-order valence-corrected chi connectivity index (χ1v) is 5.83. The minimum Gasteiger partial charge on any atom is -0.496 e. The summed E-state index contributed by atoms with van der Waals surface area (Å²) in [4.78, 5) is 1.93. The Bertz CT molecular complexity index is 410. The molecular formula is C11H16BrN3O2. The van der Waals surface area contributed by atoms with Crippen molar-refractivity contribution in [3.8, 4) is 5.75 Å². The van der Waals surface area contributed by atoms with Crippen LogP contribution in [-0.4, -0.2) is 36.6 Å². The van der Waals surface area contributed by atoms with Gasteiger partial charge in [-0.2, -0.15) is 0 Å². The fraction of sp³-hybridized carbons (Fsp3) is 0.364. The van der Waals surface area contributed by atoms with Crippen LogP contribution < -0.4 is 10.5 Å². The molecule has 17 heavy (non-hydrogen) atoms. The number of hydrogen-bond acceptors (Lipinski definition) is 4. The van der Waals surface area contributed by atoms with Gasteiger partial charge in [-0.05, 0) is 25.2 Å². The van der Waals surface area contributed by atoms with Crippen LogP contribution in [0.5, 0.6) is 5.75 Å². The number of nitrogens with zero attached hydrogens (tertiary/aromatic N) is 2. The predicted octanol–water partition coefficient (Wildman–Crippen LogP) is 1.64. The third-order valence-corrected chi connectivity index (χ3v) is 2.74. The Labute approximate surface area is 109 Å². The number of rotatable bonds is 5. The highest BCUT2D eigenvalue weighted by atomic mass is 79.9. The molecule has 0 aromatic heterocycles. The molecule has 0 unspecified atom stereocenters. The van der Waals surface area contributed by atoms with E-state index in [0.29, 0.717) is 13.1 Å². The maximum absolute atomic E-state index is 8.50. The maximum atomic E-state index is 8.50. The minimum atomic E-state index is 0.182. The van der Waals surface area contributed by atoms with Gasteiger partial charge in [0.05, 0.1) is 13.7 Å². The van der Waals surface area contributed by atoms with Gasteiger partial charge in [-0.15, -0.1) is 0 Å². The lowest BCUT2D eigenvalue weighted by Gasteiger charge is -2.17. The van der Waals surface area contributed by atoms with E-state index in [1.165, 1.54) is 0 Å². The Morgan fingerprint density at radius 1 is 1.59 bits per heavy atom. The fourth-order valence-electron chi connectivity index (χ4n) is 1.53. The molecule has 0 bridgehead atoms. The van der Waals surface area contributed by atoms with Crippen LogP contribution in [-0.2, 0) is 6.54 Å². The summed E-state index contributed by atoms with van der Waals surface area (Å²) in [5, 5.41) is 11.4. The van der Waals surface area contributed by atoms with Crippen molar-refractivity contribution >= 4 is 21.8 Å². The molecule has 3 N–H and O–H groups in total. The fourth-order valence-corrected chi connectivity index (χ4v) is 1.93. The molecule has 0 atom stereocenters. The number of methoxy groups -OCH3 is 1. The first kappa shape index (κ1) is 13.8. The quantitative estimate of drug-likeness (QED) is 0.375. The lowest BCUT2D eigenvalue weighted by Crippen LogP contribution is -2.30. The molecule has 6 heteroatoms. The van der Waals surface area contributed by atoms with E-state index in [-0.39, 0.29) is 5.84 Å². The molecule has 94 valence electrons. The summed E-state index contributed by atoms with van der Waals surface area (Å²) in [5.41, 5.74) is 6.48. The molecule has 0 fully saturated rings. The number of halogens is 1. The van der Waals surface area contributed by atoms with Crippen LogP contribution in [0.2, 0.25) is 0 Å².